The average molecular weight is 253 g/mol. The van der Waals surface area contributed by atoms with Gasteiger partial charge in [0.05, 0.1) is 12.2 Å². The molecule has 0 bridgehead atoms. The van der Waals surface area contributed by atoms with E-state index < -0.39 is 0 Å². The predicted octanol–water partition coefficient (Wildman–Crippen LogP) is 1.23. The highest BCUT2D eigenvalue weighted by molar-refractivity contribution is 5.98. The van der Waals surface area contributed by atoms with E-state index in [0.29, 0.717) is 37.2 Å². The minimum absolute atomic E-state index is 0.0267. The molecule has 0 aliphatic heterocycles. The standard InChI is InChI=1S/C12H19N3O3/c1-9(2)8-17-6-7-18-12-10(11(13)15-16)4-3-5-14-12/h3-5,9,16H,6-8H2,1-2H3,(H2,13,15). The number of nitrogens with zero attached hydrogens (tertiary/aromatic N) is 2. The van der Waals surface area contributed by atoms with Crippen LogP contribution >= 0.6 is 0 Å². The molecule has 1 aromatic rings. The first-order valence-corrected chi connectivity index (χ1v) is 5.78. The van der Waals surface area contributed by atoms with E-state index in [9.17, 15) is 0 Å². The highest BCUT2D eigenvalue weighted by atomic mass is 16.5. The Morgan fingerprint density at radius 2 is 2.28 bits per heavy atom. The maximum absolute atomic E-state index is 8.64. The van der Waals surface area contributed by atoms with E-state index in [2.05, 4.69) is 24.0 Å². The van der Waals surface area contributed by atoms with Crippen LogP contribution in [0.1, 0.15) is 19.4 Å². The van der Waals surface area contributed by atoms with Gasteiger partial charge in [0, 0.05) is 12.8 Å². The van der Waals surface area contributed by atoms with Gasteiger partial charge in [0.25, 0.3) is 0 Å². The SMILES string of the molecule is CC(C)COCCOc1ncccc1/C(N)=N/O. The van der Waals surface area contributed by atoms with Crippen molar-refractivity contribution in [1.82, 2.24) is 4.98 Å². The third kappa shape index (κ3) is 4.58. The van der Waals surface area contributed by atoms with Crippen molar-refractivity contribution in [2.75, 3.05) is 19.8 Å². The number of hydrogen-bond acceptors (Lipinski definition) is 5. The average Bonchev–Trinajstić information content (AvgIpc) is 2.37. The molecule has 0 amide bonds. The van der Waals surface area contributed by atoms with Gasteiger partial charge in [-0.05, 0) is 18.1 Å². The highest BCUT2D eigenvalue weighted by Gasteiger charge is 2.08. The molecule has 0 aliphatic carbocycles. The normalized spacial score (nSPS) is 11.8. The summed E-state index contributed by atoms with van der Waals surface area (Å²) in [5.74, 6) is 0.801. The molecule has 1 aromatic heterocycles. The zero-order chi connectivity index (χ0) is 13.4. The van der Waals surface area contributed by atoms with Crippen LogP contribution in [-0.2, 0) is 4.74 Å². The highest BCUT2D eigenvalue weighted by Crippen LogP contribution is 2.13. The molecular weight excluding hydrogens is 234 g/mol. The molecule has 6 heteroatoms. The zero-order valence-electron chi connectivity index (χ0n) is 10.7. The molecule has 0 aromatic carbocycles. The van der Waals surface area contributed by atoms with Crippen molar-refractivity contribution in [3.8, 4) is 5.88 Å². The predicted molar refractivity (Wildman–Crippen MR) is 67.9 cm³/mol. The summed E-state index contributed by atoms with van der Waals surface area (Å²) in [6, 6.07) is 3.36. The minimum Gasteiger partial charge on any atom is -0.475 e. The van der Waals surface area contributed by atoms with Gasteiger partial charge < -0.3 is 20.4 Å². The van der Waals surface area contributed by atoms with E-state index in [1.807, 2.05) is 0 Å². The van der Waals surface area contributed by atoms with E-state index in [-0.39, 0.29) is 5.84 Å². The molecule has 0 unspecified atom stereocenters. The number of pyridine rings is 1. The first-order chi connectivity index (χ1) is 8.65. The monoisotopic (exact) mass is 253 g/mol. The Kier molecular flexibility index (Phi) is 5.93. The summed E-state index contributed by atoms with van der Waals surface area (Å²) in [7, 11) is 0. The van der Waals surface area contributed by atoms with Gasteiger partial charge in [0.15, 0.2) is 5.84 Å². The van der Waals surface area contributed by atoms with Gasteiger partial charge in [-0.1, -0.05) is 19.0 Å². The molecule has 6 nitrogen and oxygen atoms in total. The van der Waals surface area contributed by atoms with E-state index in [1.165, 1.54) is 0 Å². The zero-order valence-corrected chi connectivity index (χ0v) is 10.7. The number of oxime groups is 1. The van der Waals surface area contributed by atoms with Crippen molar-refractivity contribution in [2.24, 2.45) is 16.8 Å². The molecule has 0 atom stereocenters. The Hall–Kier alpha value is -1.82. The topological polar surface area (TPSA) is 90.0 Å². The number of rotatable bonds is 7. The summed E-state index contributed by atoms with van der Waals surface area (Å²) in [6.07, 6.45) is 1.58. The van der Waals surface area contributed by atoms with Crippen LogP contribution in [0.3, 0.4) is 0 Å². The van der Waals surface area contributed by atoms with Crippen molar-refractivity contribution in [3.63, 3.8) is 0 Å². The second-order valence-corrected chi connectivity index (χ2v) is 4.16. The quantitative estimate of drug-likeness (QED) is 0.251. The number of ether oxygens (including phenoxy) is 2. The van der Waals surface area contributed by atoms with E-state index in [4.69, 9.17) is 20.4 Å². The molecule has 0 fully saturated rings. The van der Waals surface area contributed by atoms with Gasteiger partial charge in [0.1, 0.15) is 6.61 Å². The maximum Gasteiger partial charge on any atom is 0.224 e. The van der Waals surface area contributed by atoms with Crippen LogP contribution in [0, 0.1) is 5.92 Å². The Morgan fingerprint density at radius 1 is 1.50 bits per heavy atom. The molecule has 0 radical (unpaired) electrons. The summed E-state index contributed by atoms with van der Waals surface area (Å²) in [6.45, 7) is 5.70. The van der Waals surface area contributed by atoms with Crippen LogP contribution < -0.4 is 10.5 Å². The molecule has 0 aliphatic rings. The molecule has 1 heterocycles. The molecule has 1 rings (SSSR count). The third-order valence-electron chi connectivity index (χ3n) is 2.07. The van der Waals surface area contributed by atoms with Crippen LogP contribution in [0.4, 0.5) is 0 Å². The lowest BCUT2D eigenvalue weighted by molar-refractivity contribution is 0.0805. The van der Waals surface area contributed by atoms with E-state index in [1.54, 1.807) is 18.3 Å². The first kappa shape index (κ1) is 14.2. The second-order valence-electron chi connectivity index (χ2n) is 4.16. The molecule has 3 N–H and O–H groups in total. The molecule has 18 heavy (non-hydrogen) atoms. The summed E-state index contributed by atoms with van der Waals surface area (Å²) in [5, 5.41) is 11.6. The summed E-state index contributed by atoms with van der Waals surface area (Å²) in [5.41, 5.74) is 5.98. The lowest BCUT2D eigenvalue weighted by atomic mass is 10.2. The Morgan fingerprint density at radius 3 is 2.94 bits per heavy atom. The third-order valence-corrected chi connectivity index (χ3v) is 2.07. The smallest absolute Gasteiger partial charge is 0.224 e. The Balaban J connectivity index is 2.47. The Labute approximate surface area is 106 Å². The van der Waals surface area contributed by atoms with Crippen LogP contribution in [0.5, 0.6) is 5.88 Å². The van der Waals surface area contributed by atoms with Gasteiger partial charge in [-0.25, -0.2) is 4.98 Å². The van der Waals surface area contributed by atoms with Gasteiger partial charge in [-0.2, -0.15) is 0 Å². The fraction of sp³-hybridized carbons (Fsp3) is 0.500. The van der Waals surface area contributed by atoms with Crippen molar-refractivity contribution >= 4 is 5.84 Å². The van der Waals surface area contributed by atoms with Gasteiger partial charge >= 0.3 is 0 Å². The van der Waals surface area contributed by atoms with Crippen molar-refractivity contribution in [2.45, 2.75) is 13.8 Å². The fourth-order valence-electron chi connectivity index (χ4n) is 1.27. The maximum atomic E-state index is 8.64. The van der Waals surface area contributed by atoms with Crippen molar-refractivity contribution in [3.05, 3.63) is 23.9 Å². The number of aromatic nitrogens is 1. The van der Waals surface area contributed by atoms with E-state index >= 15 is 0 Å². The molecule has 0 saturated heterocycles. The van der Waals surface area contributed by atoms with Crippen LogP contribution in [0.15, 0.2) is 23.5 Å². The van der Waals surface area contributed by atoms with Crippen LogP contribution in [0.25, 0.3) is 0 Å². The lowest BCUT2D eigenvalue weighted by Crippen LogP contribution is -2.17. The van der Waals surface area contributed by atoms with Gasteiger partial charge in [-0.15, -0.1) is 0 Å². The fourth-order valence-corrected chi connectivity index (χ4v) is 1.27. The number of amidine groups is 1. The van der Waals surface area contributed by atoms with Crippen molar-refractivity contribution in [1.29, 1.82) is 0 Å². The van der Waals surface area contributed by atoms with E-state index in [0.717, 1.165) is 0 Å². The van der Waals surface area contributed by atoms with Gasteiger partial charge in [-0.3, -0.25) is 0 Å². The Bertz CT molecular complexity index is 394. The number of nitrogens with two attached hydrogens (primary N) is 1. The summed E-state index contributed by atoms with van der Waals surface area (Å²) < 4.78 is 10.8. The summed E-state index contributed by atoms with van der Waals surface area (Å²) >= 11 is 0. The summed E-state index contributed by atoms with van der Waals surface area (Å²) in [4.78, 5) is 4.03. The molecule has 0 saturated carbocycles. The minimum atomic E-state index is -0.0267. The van der Waals surface area contributed by atoms with Crippen LogP contribution in [-0.4, -0.2) is 35.8 Å². The van der Waals surface area contributed by atoms with Crippen molar-refractivity contribution < 1.29 is 14.7 Å². The molecule has 100 valence electrons. The molecular formula is C12H19N3O3. The molecule has 0 spiro atoms. The first-order valence-electron chi connectivity index (χ1n) is 5.78. The number of hydrogen-bond donors (Lipinski definition) is 2. The van der Waals surface area contributed by atoms with Gasteiger partial charge in [0.2, 0.25) is 5.88 Å². The lowest BCUT2D eigenvalue weighted by Gasteiger charge is -2.10. The largest absolute Gasteiger partial charge is 0.475 e. The van der Waals surface area contributed by atoms with Crippen LogP contribution in [0.2, 0.25) is 0 Å². The second kappa shape index (κ2) is 7.50.